The van der Waals surface area contributed by atoms with Crippen molar-refractivity contribution in [3.63, 3.8) is 0 Å². The van der Waals surface area contributed by atoms with Crippen molar-refractivity contribution in [3.05, 3.63) is 17.7 Å². The van der Waals surface area contributed by atoms with Gasteiger partial charge in [0, 0.05) is 18.8 Å². The first-order valence-corrected chi connectivity index (χ1v) is 5.51. The molecule has 0 aliphatic carbocycles. The van der Waals surface area contributed by atoms with Gasteiger partial charge in [-0.15, -0.1) is 0 Å². The van der Waals surface area contributed by atoms with Gasteiger partial charge in [-0.2, -0.15) is 5.26 Å². The molecule has 0 N–H and O–H groups in total. The van der Waals surface area contributed by atoms with Gasteiger partial charge in [0.25, 0.3) is 0 Å². The van der Waals surface area contributed by atoms with E-state index < -0.39 is 5.54 Å². The summed E-state index contributed by atoms with van der Waals surface area (Å²) in [7, 11) is 1.91. The summed E-state index contributed by atoms with van der Waals surface area (Å²) in [4.78, 5) is 1.95. The number of nitriles is 1. The summed E-state index contributed by atoms with van der Waals surface area (Å²) in [6.45, 7) is 6.04. The second-order valence-electron chi connectivity index (χ2n) is 4.72. The molecule has 0 saturated heterocycles. The Morgan fingerprint density at radius 2 is 1.88 bits per heavy atom. The molecule has 1 aliphatic heterocycles. The van der Waals surface area contributed by atoms with Gasteiger partial charge in [-0.25, -0.2) is 0 Å². The van der Waals surface area contributed by atoms with Crippen LogP contribution < -0.4 is 14.4 Å². The van der Waals surface area contributed by atoms with Crippen LogP contribution in [-0.4, -0.2) is 19.4 Å². The van der Waals surface area contributed by atoms with Gasteiger partial charge < -0.3 is 14.4 Å². The quantitative estimate of drug-likeness (QED) is 0.785. The van der Waals surface area contributed by atoms with Gasteiger partial charge in [-0.1, -0.05) is 0 Å². The van der Waals surface area contributed by atoms with E-state index in [2.05, 4.69) is 6.07 Å². The number of hydrogen-bond donors (Lipinski definition) is 0. The molecule has 4 nitrogen and oxygen atoms in total. The predicted molar refractivity (Wildman–Crippen MR) is 65.4 cm³/mol. The predicted octanol–water partition coefficient (Wildman–Crippen LogP) is 2.46. The number of fused-ring (bicyclic) bond motifs is 1. The zero-order valence-electron chi connectivity index (χ0n) is 10.6. The molecule has 1 heterocycles. The molecule has 0 aromatic heterocycles. The molecule has 0 radical (unpaired) electrons. The average molecular weight is 232 g/mol. The molecular formula is C13H16N2O2. The van der Waals surface area contributed by atoms with Gasteiger partial charge in [0.15, 0.2) is 11.5 Å². The Labute approximate surface area is 101 Å². The molecule has 0 bridgehead atoms. The van der Waals surface area contributed by atoms with Crippen molar-refractivity contribution in [2.45, 2.75) is 26.3 Å². The number of hydrogen-bond acceptors (Lipinski definition) is 4. The summed E-state index contributed by atoms with van der Waals surface area (Å²) in [6, 6.07) is 6.16. The average Bonchev–Trinajstić information content (AvgIpc) is 2.73. The highest BCUT2D eigenvalue weighted by Gasteiger charge is 2.26. The molecule has 0 atom stereocenters. The second kappa shape index (κ2) is 3.85. The number of aryl methyl sites for hydroxylation is 1. The summed E-state index contributed by atoms with van der Waals surface area (Å²) in [5, 5.41) is 9.16. The third kappa shape index (κ3) is 1.89. The van der Waals surface area contributed by atoms with Crippen LogP contribution in [0.25, 0.3) is 0 Å². The van der Waals surface area contributed by atoms with E-state index in [4.69, 9.17) is 14.7 Å². The SMILES string of the molecule is Cc1cc2c(cc1N(C)C(C)(C)C#N)OCO2. The van der Waals surface area contributed by atoms with Crippen molar-refractivity contribution in [1.82, 2.24) is 0 Å². The summed E-state index contributed by atoms with van der Waals surface area (Å²) in [5.74, 6) is 1.51. The Bertz CT molecular complexity index is 489. The van der Waals surface area contributed by atoms with Crippen LogP contribution in [0, 0.1) is 18.3 Å². The Hall–Kier alpha value is -1.89. The van der Waals surface area contributed by atoms with Crippen LogP contribution in [0.2, 0.25) is 0 Å². The van der Waals surface area contributed by atoms with Gasteiger partial charge in [0.05, 0.1) is 6.07 Å². The third-order valence-corrected chi connectivity index (χ3v) is 3.16. The lowest BCUT2D eigenvalue weighted by molar-refractivity contribution is 0.174. The smallest absolute Gasteiger partial charge is 0.231 e. The van der Waals surface area contributed by atoms with E-state index in [1.807, 2.05) is 44.9 Å². The highest BCUT2D eigenvalue weighted by Crippen LogP contribution is 2.39. The summed E-state index contributed by atoms with van der Waals surface area (Å²) in [6.07, 6.45) is 0. The molecule has 1 aliphatic rings. The number of benzene rings is 1. The summed E-state index contributed by atoms with van der Waals surface area (Å²) < 4.78 is 10.7. The standard InChI is InChI=1S/C13H16N2O2/c1-9-5-11-12(17-8-16-11)6-10(9)15(4)13(2,3)7-14/h5-6H,8H2,1-4H3. The largest absolute Gasteiger partial charge is 0.454 e. The van der Waals surface area contributed by atoms with E-state index in [1.165, 1.54) is 0 Å². The fourth-order valence-electron chi connectivity index (χ4n) is 1.77. The zero-order chi connectivity index (χ0) is 12.6. The molecule has 0 fully saturated rings. The van der Waals surface area contributed by atoms with Crippen LogP contribution in [0.15, 0.2) is 12.1 Å². The van der Waals surface area contributed by atoms with Gasteiger partial charge in [-0.3, -0.25) is 0 Å². The van der Waals surface area contributed by atoms with Crippen LogP contribution in [0.4, 0.5) is 5.69 Å². The maximum atomic E-state index is 9.16. The van der Waals surface area contributed by atoms with Crippen molar-refractivity contribution in [2.75, 3.05) is 18.7 Å². The van der Waals surface area contributed by atoms with E-state index in [1.54, 1.807) is 0 Å². The molecular weight excluding hydrogens is 216 g/mol. The molecule has 0 saturated carbocycles. The minimum atomic E-state index is -0.557. The maximum Gasteiger partial charge on any atom is 0.231 e. The first-order valence-electron chi connectivity index (χ1n) is 5.51. The molecule has 0 amide bonds. The number of ether oxygens (including phenoxy) is 2. The van der Waals surface area contributed by atoms with Gasteiger partial charge in [0.2, 0.25) is 6.79 Å². The highest BCUT2D eigenvalue weighted by molar-refractivity contribution is 5.63. The second-order valence-corrected chi connectivity index (χ2v) is 4.72. The van der Waals surface area contributed by atoms with Gasteiger partial charge in [-0.05, 0) is 32.4 Å². The lowest BCUT2D eigenvalue weighted by Crippen LogP contribution is -2.40. The van der Waals surface area contributed by atoms with E-state index in [0.717, 1.165) is 22.7 Å². The fourth-order valence-corrected chi connectivity index (χ4v) is 1.77. The van der Waals surface area contributed by atoms with Crippen LogP contribution in [0.5, 0.6) is 11.5 Å². The lowest BCUT2D eigenvalue weighted by atomic mass is 10.0. The summed E-state index contributed by atoms with van der Waals surface area (Å²) >= 11 is 0. The Morgan fingerprint density at radius 3 is 2.47 bits per heavy atom. The van der Waals surface area contributed by atoms with E-state index in [9.17, 15) is 0 Å². The first-order chi connectivity index (χ1) is 7.95. The Morgan fingerprint density at radius 1 is 1.29 bits per heavy atom. The van der Waals surface area contributed by atoms with E-state index in [-0.39, 0.29) is 6.79 Å². The molecule has 4 heteroatoms. The van der Waals surface area contributed by atoms with Crippen molar-refractivity contribution >= 4 is 5.69 Å². The van der Waals surface area contributed by atoms with Crippen LogP contribution in [-0.2, 0) is 0 Å². The Balaban J connectivity index is 2.44. The van der Waals surface area contributed by atoms with Crippen molar-refractivity contribution in [2.24, 2.45) is 0 Å². The number of rotatable bonds is 2. The topological polar surface area (TPSA) is 45.5 Å². The van der Waals surface area contributed by atoms with E-state index >= 15 is 0 Å². The molecule has 17 heavy (non-hydrogen) atoms. The molecule has 1 aromatic carbocycles. The van der Waals surface area contributed by atoms with Crippen LogP contribution in [0.3, 0.4) is 0 Å². The highest BCUT2D eigenvalue weighted by atomic mass is 16.7. The monoisotopic (exact) mass is 232 g/mol. The van der Waals surface area contributed by atoms with E-state index in [0.29, 0.717) is 0 Å². The molecule has 0 spiro atoms. The van der Waals surface area contributed by atoms with Crippen LogP contribution in [0.1, 0.15) is 19.4 Å². The van der Waals surface area contributed by atoms with Crippen molar-refractivity contribution in [3.8, 4) is 17.6 Å². The minimum Gasteiger partial charge on any atom is -0.454 e. The fraction of sp³-hybridized carbons (Fsp3) is 0.462. The van der Waals surface area contributed by atoms with Gasteiger partial charge >= 0.3 is 0 Å². The van der Waals surface area contributed by atoms with Gasteiger partial charge in [0.1, 0.15) is 5.54 Å². The van der Waals surface area contributed by atoms with Crippen molar-refractivity contribution < 1.29 is 9.47 Å². The lowest BCUT2D eigenvalue weighted by Gasteiger charge is -2.32. The number of anilines is 1. The normalized spacial score (nSPS) is 13.4. The van der Waals surface area contributed by atoms with Crippen molar-refractivity contribution in [1.29, 1.82) is 5.26 Å². The Kier molecular flexibility index (Phi) is 2.62. The maximum absolute atomic E-state index is 9.16. The molecule has 90 valence electrons. The van der Waals surface area contributed by atoms with Crippen LogP contribution >= 0.6 is 0 Å². The molecule has 2 rings (SSSR count). The number of nitrogens with zero attached hydrogens (tertiary/aromatic N) is 2. The molecule has 1 aromatic rings. The third-order valence-electron chi connectivity index (χ3n) is 3.16. The summed E-state index contributed by atoms with van der Waals surface area (Å²) in [5.41, 5.74) is 1.50. The zero-order valence-corrected chi connectivity index (χ0v) is 10.6. The first kappa shape index (κ1) is 11.6. The molecule has 0 unspecified atom stereocenters. The minimum absolute atomic E-state index is 0.267.